The molecule has 1 aliphatic heterocycles. The number of rotatable bonds is 5. The second-order valence-corrected chi connectivity index (χ2v) is 7.62. The Morgan fingerprint density at radius 1 is 1.43 bits per heavy atom. The molecule has 1 heterocycles. The van der Waals surface area contributed by atoms with Gasteiger partial charge in [0.25, 0.3) is 0 Å². The zero-order valence-corrected chi connectivity index (χ0v) is 12.8. The van der Waals surface area contributed by atoms with Crippen LogP contribution in [-0.2, 0) is 14.6 Å². The summed E-state index contributed by atoms with van der Waals surface area (Å²) in [7, 11) is -2.92. The van der Waals surface area contributed by atoms with Gasteiger partial charge in [-0.1, -0.05) is 11.6 Å². The summed E-state index contributed by atoms with van der Waals surface area (Å²) >= 11 is 5.62. The lowest BCUT2D eigenvalue weighted by Gasteiger charge is -2.10. The molecule has 1 atom stereocenters. The van der Waals surface area contributed by atoms with Crippen molar-refractivity contribution in [3.63, 3.8) is 0 Å². The van der Waals surface area contributed by atoms with Gasteiger partial charge in [0.05, 0.1) is 16.5 Å². The third-order valence-corrected chi connectivity index (χ3v) is 5.28. The molecule has 0 bridgehead atoms. The number of carbonyl (C=O) groups is 1. The van der Waals surface area contributed by atoms with Crippen molar-refractivity contribution in [3.8, 4) is 0 Å². The quantitative estimate of drug-likeness (QED) is 0.857. The van der Waals surface area contributed by atoms with Gasteiger partial charge in [0, 0.05) is 24.7 Å². The van der Waals surface area contributed by atoms with Crippen molar-refractivity contribution in [2.24, 2.45) is 0 Å². The lowest BCUT2D eigenvalue weighted by Crippen LogP contribution is -2.32. The van der Waals surface area contributed by atoms with Crippen LogP contribution in [-0.4, -0.2) is 38.4 Å². The molecule has 1 aliphatic rings. The second-order valence-electron chi connectivity index (χ2n) is 4.98. The highest BCUT2D eigenvalue weighted by Gasteiger charge is 2.27. The first kappa shape index (κ1) is 16.2. The standard InChI is InChI=1S/C13H16ClFN2O3S/c14-11-7-9(1-2-12(11)15)17-13(18)3-5-16-10-4-6-21(19,20)8-10/h1-2,7,10,16H,3-6,8H2,(H,17,18). The van der Waals surface area contributed by atoms with Crippen molar-refractivity contribution in [3.05, 3.63) is 29.0 Å². The molecular weight excluding hydrogens is 319 g/mol. The van der Waals surface area contributed by atoms with Gasteiger partial charge >= 0.3 is 0 Å². The first-order valence-corrected chi connectivity index (χ1v) is 8.74. The average molecular weight is 335 g/mol. The molecule has 0 spiro atoms. The SMILES string of the molecule is O=C(CCNC1CCS(=O)(=O)C1)Nc1ccc(F)c(Cl)c1. The number of halogens is 2. The summed E-state index contributed by atoms with van der Waals surface area (Å²) in [4.78, 5) is 11.7. The highest BCUT2D eigenvalue weighted by Crippen LogP contribution is 2.19. The maximum atomic E-state index is 13.0. The minimum Gasteiger partial charge on any atom is -0.326 e. The summed E-state index contributed by atoms with van der Waals surface area (Å²) in [5.41, 5.74) is 0.426. The van der Waals surface area contributed by atoms with Crippen molar-refractivity contribution in [1.82, 2.24) is 5.32 Å². The molecule has 1 saturated heterocycles. The third-order valence-electron chi connectivity index (χ3n) is 3.22. The number of sulfone groups is 1. The van der Waals surface area contributed by atoms with E-state index in [-0.39, 0.29) is 34.9 Å². The highest BCUT2D eigenvalue weighted by atomic mass is 35.5. The minimum atomic E-state index is -2.92. The molecule has 1 unspecified atom stereocenters. The molecule has 5 nitrogen and oxygen atoms in total. The van der Waals surface area contributed by atoms with E-state index in [4.69, 9.17) is 11.6 Å². The van der Waals surface area contributed by atoms with Crippen molar-refractivity contribution in [1.29, 1.82) is 0 Å². The molecular formula is C13H16ClFN2O3S. The molecule has 1 fully saturated rings. The van der Waals surface area contributed by atoms with Gasteiger partial charge in [0.1, 0.15) is 5.82 Å². The zero-order chi connectivity index (χ0) is 15.5. The number of hydrogen-bond donors (Lipinski definition) is 2. The Balaban J connectivity index is 1.74. The second kappa shape index (κ2) is 6.72. The Labute approximate surface area is 127 Å². The van der Waals surface area contributed by atoms with Crippen molar-refractivity contribution in [2.45, 2.75) is 18.9 Å². The topological polar surface area (TPSA) is 75.3 Å². The molecule has 2 rings (SSSR count). The van der Waals surface area contributed by atoms with E-state index in [1.54, 1.807) is 0 Å². The first-order valence-electron chi connectivity index (χ1n) is 6.54. The summed E-state index contributed by atoms with van der Waals surface area (Å²) in [6, 6.07) is 3.87. The van der Waals surface area contributed by atoms with Gasteiger partial charge in [0.15, 0.2) is 9.84 Å². The Kier molecular flexibility index (Phi) is 5.18. The van der Waals surface area contributed by atoms with E-state index in [1.165, 1.54) is 18.2 Å². The fraction of sp³-hybridized carbons (Fsp3) is 0.462. The van der Waals surface area contributed by atoms with Crippen LogP contribution < -0.4 is 10.6 Å². The van der Waals surface area contributed by atoms with Crippen LogP contribution in [0.4, 0.5) is 10.1 Å². The Morgan fingerprint density at radius 3 is 2.81 bits per heavy atom. The monoisotopic (exact) mass is 334 g/mol. The maximum absolute atomic E-state index is 13.0. The molecule has 1 amide bonds. The Morgan fingerprint density at radius 2 is 2.19 bits per heavy atom. The van der Waals surface area contributed by atoms with Crippen LogP contribution in [0.2, 0.25) is 5.02 Å². The fourth-order valence-electron chi connectivity index (χ4n) is 2.14. The number of amides is 1. The van der Waals surface area contributed by atoms with Gasteiger partial charge in [-0.2, -0.15) is 0 Å². The smallest absolute Gasteiger partial charge is 0.225 e. The summed E-state index contributed by atoms with van der Waals surface area (Å²) in [5, 5.41) is 5.60. The molecule has 0 saturated carbocycles. The first-order chi connectivity index (χ1) is 9.85. The van der Waals surface area contributed by atoms with Crippen LogP contribution in [0, 0.1) is 5.82 Å². The lowest BCUT2D eigenvalue weighted by atomic mass is 10.2. The number of anilines is 1. The highest BCUT2D eigenvalue weighted by molar-refractivity contribution is 7.91. The largest absolute Gasteiger partial charge is 0.326 e. The Hall–Kier alpha value is -1.18. The zero-order valence-electron chi connectivity index (χ0n) is 11.2. The predicted octanol–water partition coefficient (Wildman–Crippen LogP) is 1.58. The van der Waals surface area contributed by atoms with E-state index in [9.17, 15) is 17.6 Å². The number of benzene rings is 1. The molecule has 0 aliphatic carbocycles. The summed E-state index contributed by atoms with van der Waals surface area (Å²) < 4.78 is 35.5. The van der Waals surface area contributed by atoms with Crippen molar-refractivity contribution < 1.29 is 17.6 Å². The molecule has 0 radical (unpaired) electrons. The van der Waals surface area contributed by atoms with Gasteiger partial charge in [-0.25, -0.2) is 12.8 Å². The van der Waals surface area contributed by atoms with Crippen LogP contribution in [0.15, 0.2) is 18.2 Å². The molecule has 21 heavy (non-hydrogen) atoms. The molecule has 1 aromatic rings. The third kappa shape index (κ3) is 4.94. The number of carbonyl (C=O) groups excluding carboxylic acids is 1. The van der Waals surface area contributed by atoms with E-state index in [0.717, 1.165) is 0 Å². The van der Waals surface area contributed by atoms with Gasteiger partial charge in [0.2, 0.25) is 5.91 Å². The van der Waals surface area contributed by atoms with Gasteiger partial charge in [-0.15, -0.1) is 0 Å². The fourth-order valence-corrected chi connectivity index (χ4v) is 4.03. The van der Waals surface area contributed by atoms with Gasteiger partial charge in [-0.3, -0.25) is 4.79 Å². The normalized spacial score (nSPS) is 20.4. The van der Waals surface area contributed by atoms with E-state index in [0.29, 0.717) is 18.7 Å². The van der Waals surface area contributed by atoms with Gasteiger partial charge in [-0.05, 0) is 24.6 Å². The lowest BCUT2D eigenvalue weighted by molar-refractivity contribution is -0.116. The van der Waals surface area contributed by atoms with Crippen LogP contribution in [0.25, 0.3) is 0 Å². The summed E-state index contributed by atoms with van der Waals surface area (Å²) in [5.74, 6) is -0.461. The van der Waals surface area contributed by atoms with Crippen LogP contribution >= 0.6 is 11.6 Å². The van der Waals surface area contributed by atoms with E-state index < -0.39 is 15.7 Å². The molecule has 0 aromatic heterocycles. The minimum absolute atomic E-state index is 0.0536. The summed E-state index contributed by atoms with van der Waals surface area (Å²) in [6.07, 6.45) is 0.781. The van der Waals surface area contributed by atoms with Crippen molar-refractivity contribution in [2.75, 3.05) is 23.4 Å². The van der Waals surface area contributed by atoms with Crippen LogP contribution in [0.5, 0.6) is 0 Å². The van der Waals surface area contributed by atoms with E-state index in [1.807, 2.05) is 0 Å². The Bertz CT molecular complexity index is 636. The molecule has 1 aromatic carbocycles. The predicted molar refractivity (Wildman–Crippen MR) is 79.7 cm³/mol. The summed E-state index contributed by atoms with van der Waals surface area (Å²) in [6.45, 7) is 0.390. The van der Waals surface area contributed by atoms with Crippen molar-refractivity contribution >= 4 is 33.0 Å². The molecule has 8 heteroatoms. The van der Waals surface area contributed by atoms with Crippen LogP contribution in [0.1, 0.15) is 12.8 Å². The van der Waals surface area contributed by atoms with E-state index >= 15 is 0 Å². The molecule has 2 N–H and O–H groups in total. The van der Waals surface area contributed by atoms with Crippen LogP contribution in [0.3, 0.4) is 0 Å². The van der Waals surface area contributed by atoms with E-state index in [2.05, 4.69) is 10.6 Å². The maximum Gasteiger partial charge on any atom is 0.225 e. The number of nitrogens with one attached hydrogen (secondary N) is 2. The van der Waals surface area contributed by atoms with Gasteiger partial charge < -0.3 is 10.6 Å². The molecule has 116 valence electrons. The average Bonchev–Trinajstić information content (AvgIpc) is 2.73. The number of hydrogen-bond acceptors (Lipinski definition) is 4.